The Bertz CT molecular complexity index is 420. The molecule has 5 unspecified atom stereocenters. The zero-order valence-electron chi connectivity index (χ0n) is 11.4. The lowest BCUT2D eigenvalue weighted by molar-refractivity contribution is -0.143. The standard InChI is InChI=1S/C15H22O3/c1-8-11-9(14(2,3)17)5-6-15(8,4)10-7-18-13(16)12(10)11/h9-12,17H,1,5-7H2,2-4H3. The van der Waals surface area contributed by atoms with Gasteiger partial charge in [0.25, 0.3) is 0 Å². The quantitative estimate of drug-likeness (QED) is 0.573. The second kappa shape index (κ2) is 3.38. The average Bonchev–Trinajstić information content (AvgIpc) is 2.66. The first-order chi connectivity index (χ1) is 8.27. The van der Waals surface area contributed by atoms with Gasteiger partial charge in [-0.15, -0.1) is 0 Å². The summed E-state index contributed by atoms with van der Waals surface area (Å²) in [7, 11) is 0. The molecule has 0 aromatic heterocycles. The van der Waals surface area contributed by atoms with Crippen molar-refractivity contribution in [1.29, 1.82) is 0 Å². The molecular weight excluding hydrogens is 228 g/mol. The number of hydrogen-bond donors (Lipinski definition) is 1. The van der Waals surface area contributed by atoms with E-state index in [4.69, 9.17) is 4.74 Å². The zero-order valence-corrected chi connectivity index (χ0v) is 11.4. The first kappa shape index (κ1) is 12.2. The minimum atomic E-state index is -0.757. The van der Waals surface area contributed by atoms with Crippen LogP contribution in [-0.4, -0.2) is 23.3 Å². The topological polar surface area (TPSA) is 46.5 Å². The van der Waals surface area contributed by atoms with Gasteiger partial charge in [-0.1, -0.05) is 19.1 Å². The first-order valence-corrected chi connectivity index (χ1v) is 6.85. The Kier molecular flexibility index (Phi) is 2.30. The van der Waals surface area contributed by atoms with Crippen LogP contribution < -0.4 is 0 Å². The molecule has 1 aliphatic heterocycles. The lowest BCUT2D eigenvalue weighted by Crippen LogP contribution is -2.42. The van der Waals surface area contributed by atoms with Gasteiger partial charge in [0.1, 0.15) is 0 Å². The number of ether oxygens (including phenoxy) is 1. The lowest BCUT2D eigenvalue weighted by atomic mass is 9.63. The van der Waals surface area contributed by atoms with E-state index in [0.29, 0.717) is 6.61 Å². The molecular formula is C15H22O3. The Morgan fingerprint density at radius 3 is 2.72 bits per heavy atom. The van der Waals surface area contributed by atoms with E-state index in [1.807, 2.05) is 13.8 Å². The van der Waals surface area contributed by atoms with Crippen molar-refractivity contribution in [1.82, 2.24) is 0 Å². The number of carbonyl (C=O) groups excluding carboxylic acids is 1. The van der Waals surface area contributed by atoms with Crippen LogP contribution in [-0.2, 0) is 9.53 Å². The van der Waals surface area contributed by atoms with E-state index in [1.165, 1.54) is 5.57 Å². The van der Waals surface area contributed by atoms with Crippen molar-refractivity contribution in [2.75, 3.05) is 6.61 Å². The van der Waals surface area contributed by atoms with Crippen LogP contribution in [0, 0.1) is 29.1 Å². The molecule has 1 saturated heterocycles. The number of hydrogen-bond acceptors (Lipinski definition) is 3. The van der Waals surface area contributed by atoms with Gasteiger partial charge in [0.15, 0.2) is 0 Å². The number of fused-ring (bicyclic) bond motifs is 5. The van der Waals surface area contributed by atoms with Gasteiger partial charge >= 0.3 is 5.97 Å². The highest BCUT2D eigenvalue weighted by Gasteiger charge is 2.65. The molecule has 0 aromatic carbocycles. The summed E-state index contributed by atoms with van der Waals surface area (Å²) in [5.41, 5.74) is 0.447. The predicted octanol–water partition coefficient (Wildman–Crippen LogP) is 2.15. The summed E-state index contributed by atoms with van der Waals surface area (Å²) in [4.78, 5) is 12.0. The molecule has 3 heteroatoms. The van der Waals surface area contributed by atoms with E-state index in [1.54, 1.807) is 0 Å². The van der Waals surface area contributed by atoms with E-state index in [9.17, 15) is 9.90 Å². The van der Waals surface area contributed by atoms with Crippen molar-refractivity contribution in [2.45, 2.75) is 39.2 Å². The molecule has 3 nitrogen and oxygen atoms in total. The molecule has 2 bridgehead atoms. The highest BCUT2D eigenvalue weighted by molar-refractivity contribution is 5.77. The maximum atomic E-state index is 12.0. The van der Waals surface area contributed by atoms with Crippen LogP contribution in [0.25, 0.3) is 0 Å². The van der Waals surface area contributed by atoms with Gasteiger partial charge < -0.3 is 9.84 Å². The Balaban J connectivity index is 2.06. The third kappa shape index (κ3) is 1.31. The first-order valence-electron chi connectivity index (χ1n) is 6.85. The van der Waals surface area contributed by atoms with Gasteiger partial charge in [-0.25, -0.2) is 0 Å². The molecule has 18 heavy (non-hydrogen) atoms. The summed E-state index contributed by atoms with van der Waals surface area (Å²) in [6.07, 6.45) is 1.98. The second-order valence-electron chi connectivity index (χ2n) is 7.03. The van der Waals surface area contributed by atoms with Crippen LogP contribution in [0.3, 0.4) is 0 Å². The molecule has 0 amide bonds. The number of allylic oxidation sites excluding steroid dienone is 1. The minimum Gasteiger partial charge on any atom is -0.465 e. The summed E-state index contributed by atoms with van der Waals surface area (Å²) in [5, 5.41) is 10.4. The number of cyclic esters (lactones) is 1. The molecule has 3 fully saturated rings. The van der Waals surface area contributed by atoms with Crippen molar-refractivity contribution in [3.63, 3.8) is 0 Å². The molecule has 3 aliphatic rings. The van der Waals surface area contributed by atoms with Crippen LogP contribution in [0.5, 0.6) is 0 Å². The van der Waals surface area contributed by atoms with Gasteiger partial charge in [0.05, 0.1) is 18.1 Å². The van der Waals surface area contributed by atoms with Crippen LogP contribution in [0.4, 0.5) is 0 Å². The molecule has 0 spiro atoms. The second-order valence-corrected chi connectivity index (χ2v) is 7.03. The summed E-state index contributed by atoms with van der Waals surface area (Å²) in [6, 6.07) is 0. The SMILES string of the molecule is C=C1C2C3C(=O)OCC3C1(C)CCC2C(C)(C)O. The number of aliphatic hydroxyl groups is 1. The van der Waals surface area contributed by atoms with E-state index in [-0.39, 0.29) is 35.1 Å². The average molecular weight is 250 g/mol. The molecule has 0 aromatic rings. The largest absolute Gasteiger partial charge is 0.465 e. The van der Waals surface area contributed by atoms with Crippen molar-refractivity contribution in [3.8, 4) is 0 Å². The summed E-state index contributed by atoms with van der Waals surface area (Å²) in [5.74, 6) is 0.352. The molecule has 2 aliphatic carbocycles. The monoisotopic (exact) mass is 250 g/mol. The molecule has 100 valence electrons. The van der Waals surface area contributed by atoms with E-state index in [2.05, 4.69) is 13.5 Å². The number of rotatable bonds is 1. The van der Waals surface area contributed by atoms with E-state index < -0.39 is 5.60 Å². The highest BCUT2D eigenvalue weighted by Crippen LogP contribution is 2.65. The fourth-order valence-corrected chi connectivity index (χ4v) is 4.62. The number of carbonyl (C=O) groups is 1. The third-order valence-electron chi connectivity index (χ3n) is 5.77. The van der Waals surface area contributed by atoms with Crippen LogP contribution in [0.1, 0.15) is 33.6 Å². The van der Waals surface area contributed by atoms with Crippen LogP contribution >= 0.6 is 0 Å². The predicted molar refractivity (Wildman–Crippen MR) is 67.7 cm³/mol. The molecule has 5 atom stereocenters. The van der Waals surface area contributed by atoms with Crippen molar-refractivity contribution >= 4 is 5.97 Å². The summed E-state index contributed by atoms with van der Waals surface area (Å²) in [6.45, 7) is 10.7. The summed E-state index contributed by atoms with van der Waals surface area (Å²) < 4.78 is 5.27. The Morgan fingerprint density at radius 1 is 1.44 bits per heavy atom. The Labute approximate surface area is 108 Å². The molecule has 0 radical (unpaired) electrons. The lowest BCUT2D eigenvalue weighted by Gasteiger charge is -2.43. The van der Waals surface area contributed by atoms with Crippen molar-refractivity contribution < 1.29 is 14.6 Å². The van der Waals surface area contributed by atoms with Gasteiger partial charge in [0.2, 0.25) is 0 Å². The fraction of sp³-hybridized carbons (Fsp3) is 0.800. The van der Waals surface area contributed by atoms with Gasteiger partial charge in [-0.2, -0.15) is 0 Å². The zero-order chi connectivity index (χ0) is 13.3. The molecule has 1 heterocycles. The maximum absolute atomic E-state index is 12.0. The van der Waals surface area contributed by atoms with Gasteiger partial charge in [-0.05, 0) is 43.9 Å². The van der Waals surface area contributed by atoms with Crippen molar-refractivity contribution in [3.05, 3.63) is 12.2 Å². The minimum absolute atomic E-state index is 0.0310. The van der Waals surface area contributed by atoms with Crippen molar-refractivity contribution in [2.24, 2.45) is 29.1 Å². The fourth-order valence-electron chi connectivity index (χ4n) is 4.62. The van der Waals surface area contributed by atoms with Crippen LogP contribution in [0.2, 0.25) is 0 Å². The molecule has 1 N–H and O–H groups in total. The third-order valence-corrected chi connectivity index (χ3v) is 5.77. The summed E-state index contributed by atoms with van der Waals surface area (Å²) >= 11 is 0. The smallest absolute Gasteiger partial charge is 0.310 e. The Morgan fingerprint density at radius 2 is 2.11 bits per heavy atom. The van der Waals surface area contributed by atoms with Gasteiger partial charge in [0, 0.05) is 5.92 Å². The van der Waals surface area contributed by atoms with Gasteiger partial charge in [-0.3, -0.25) is 4.79 Å². The van der Waals surface area contributed by atoms with Crippen LogP contribution in [0.15, 0.2) is 12.2 Å². The normalized spacial score (nSPS) is 47.1. The highest BCUT2D eigenvalue weighted by atomic mass is 16.5. The molecule has 3 rings (SSSR count). The van der Waals surface area contributed by atoms with E-state index >= 15 is 0 Å². The Hall–Kier alpha value is -0.830. The van der Waals surface area contributed by atoms with E-state index in [0.717, 1.165) is 12.8 Å². The number of esters is 1. The molecule has 2 saturated carbocycles. The maximum Gasteiger partial charge on any atom is 0.310 e.